The summed E-state index contributed by atoms with van der Waals surface area (Å²) < 4.78 is 28.7. The van der Waals surface area contributed by atoms with E-state index in [0.29, 0.717) is 11.3 Å². The van der Waals surface area contributed by atoms with Gasteiger partial charge in [-0.15, -0.1) is 10.2 Å². The molecule has 0 aliphatic heterocycles. The molecular formula is C20H17N5O2S. The van der Waals surface area contributed by atoms with E-state index in [-0.39, 0.29) is 0 Å². The fraction of sp³-hybridized carbons (Fsp3) is 0.0500. The number of aromatic nitrogens is 4. The van der Waals surface area contributed by atoms with Gasteiger partial charge in [0.2, 0.25) is 0 Å². The standard InChI is InChI=1S/C20H17N5O2S/c1-15-2-4-16(5-3-15)12-13-28(26,27)24-18-8-6-17(7-9-18)19-10-11-20-22-21-14-25(20)23-19/h2-14,24H,1H3/b13-12+. The van der Waals surface area contributed by atoms with Crippen molar-refractivity contribution < 1.29 is 8.42 Å². The average Bonchev–Trinajstić information content (AvgIpc) is 3.16. The zero-order chi connectivity index (χ0) is 19.6. The van der Waals surface area contributed by atoms with Crippen LogP contribution in [0.4, 0.5) is 5.69 Å². The van der Waals surface area contributed by atoms with E-state index in [1.165, 1.54) is 6.33 Å². The second kappa shape index (κ2) is 7.24. The van der Waals surface area contributed by atoms with E-state index in [9.17, 15) is 8.42 Å². The molecule has 0 bridgehead atoms. The van der Waals surface area contributed by atoms with Crippen LogP contribution in [0.15, 0.2) is 72.4 Å². The van der Waals surface area contributed by atoms with Gasteiger partial charge in [0.25, 0.3) is 10.0 Å². The molecule has 4 aromatic rings. The summed E-state index contributed by atoms with van der Waals surface area (Å²) in [6.45, 7) is 1.98. The molecule has 140 valence electrons. The fourth-order valence-corrected chi connectivity index (χ4v) is 3.50. The van der Waals surface area contributed by atoms with Crippen LogP contribution in [0.2, 0.25) is 0 Å². The quantitative estimate of drug-likeness (QED) is 0.562. The first kappa shape index (κ1) is 17.9. The minimum absolute atomic E-state index is 0.475. The molecule has 0 radical (unpaired) electrons. The zero-order valence-electron chi connectivity index (χ0n) is 15.0. The van der Waals surface area contributed by atoms with E-state index < -0.39 is 10.0 Å². The molecule has 2 heterocycles. The number of anilines is 1. The van der Waals surface area contributed by atoms with E-state index in [2.05, 4.69) is 20.0 Å². The Hall–Kier alpha value is -3.52. The summed E-state index contributed by atoms with van der Waals surface area (Å²) in [5.74, 6) is 0. The first-order valence-corrected chi connectivity index (χ1v) is 10.1. The Morgan fingerprint density at radius 2 is 1.71 bits per heavy atom. The summed E-state index contributed by atoms with van der Waals surface area (Å²) in [7, 11) is -3.61. The lowest BCUT2D eigenvalue weighted by atomic mass is 10.1. The van der Waals surface area contributed by atoms with Crippen LogP contribution in [0.5, 0.6) is 0 Å². The second-order valence-electron chi connectivity index (χ2n) is 6.29. The van der Waals surface area contributed by atoms with E-state index in [0.717, 1.165) is 27.8 Å². The van der Waals surface area contributed by atoms with E-state index in [1.54, 1.807) is 34.9 Å². The normalized spacial score (nSPS) is 11.9. The number of nitrogens with one attached hydrogen (secondary N) is 1. The van der Waals surface area contributed by atoms with Crippen molar-refractivity contribution in [1.82, 2.24) is 19.8 Å². The van der Waals surface area contributed by atoms with Crippen molar-refractivity contribution in [3.05, 3.63) is 83.5 Å². The summed E-state index contributed by atoms with van der Waals surface area (Å²) >= 11 is 0. The number of rotatable bonds is 5. The lowest BCUT2D eigenvalue weighted by molar-refractivity contribution is 0.609. The van der Waals surface area contributed by atoms with Gasteiger partial charge >= 0.3 is 0 Å². The number of fused-ring (bicyclic) bond motifs is 1. The Morgan fingerprint density at radius 1 is 0.964 bits per heavy atom. The third-order valence-corrected chi connectivity index (χ3v) is 5.13. The molecule has 8 heteroatoms. The van der Waals surface area contributed by atoms with E-state index in [1.807, 2.05) is 43.3 Å². The summed E-state index contributed by atoms with van der Waals surface area (Å²) in [6, 6.07) is 18.3. The van der Waals surface area contributed by atoms with Gasteiger partial charge in [-0.05, 0) is 42.8 Å². The third kappa shape index (κ3) is 4.07. The number of nitrogens with zero attached hydrogens (tertiary/aromatic N) is 4. The number of benzene rings is 2. The highest BCUT2D eigenvalue weighted by atomic mass is 32.2. The molecule has 0 aliphatic carbocycles. The van der Waals surface area contributed by atoms with Crippen molar-refractivity contribution in [2.24, 2.45) is 0 Å². The summed E-state index contributed by atoms with van der Waals surface area (Å²) in [6.07, 6.45) is 3.09. The maximum atomic E-state index is 12.3. The lowest BCUT2D eigenvalue weighted by Gasteiger charge is -2.06. The molecule has 4 rings (SSSR count). The predicted molar refractivity (Wildman–Crippen MR) is 109 cm³/mol. The Bertz CT molecular complexity index is 1240. The fourth-order valence-electron chi connectivity index (χ4n) is 2.64. The van der Waals surface area contributed by atoms with Crippen LogP contribution in [0.25, 0.3) is 23.0 Å². The van der Waals surface area contributed by atoms with Crippen molar-refractivity contribution >= 4 is 27.4 Å². The largest absolute Gasteiger partial charge is 0.280 e. The highest BCUT2D eigenvalue weighted by Gasteiger charge is 2.07. The van der Waals surface area contributed by atoms with Gasteiger partial charge in [0.1, 0.15) is 6.33 Å². The minimum atomic E-state index is -3.61. The zero-order valence-corrected chi connectivity index (χ0v) is 15.8. The molecule has 7 nitrogen and oxygen atoms in total. The van der Waals surface area contributed by atoms with Crippen LogP contribution >= 0.6 is 0 Å². The SMILES string of the molecule is Cc1ccc(/C=C/S(=O)(=O)Nc2ccc(-c3ccc4nncn4n3)cc2)cc1. The maximum absolute atomic E-state index is 12.3. The molecule has 0 saturated heterocycles. The highest BCUT2D eigenvalue weighted by molar-refractivity contribution is 7.95. The van der Waals surface area contributed by atoms with Gasteiger partial charge in [-0.2, -0.15) is 9.61 Å². The number of hydrogen-bond acceptors (Lipinski definition) is 5. The Morgan fingerprint density at radius 3 is 2.46 bits per heavy atom. The van der Waals surface area contributed by atoms with Crippen LogP contribution in [-0.4, -0.2) is 28.2 Å². The predicted octanol–water partition coefficient (Wildman–Crippen LogP) is 3.51. The Labute approximate surface area is 162 Å². The molecule has 2 aromatic heterocycles. The summed E-state index contributed by atoms with van der Waals surface area (Å²) in [4.78, 5) is 0. The molecule has 2 aromatic carbocycles. The molecule has 0 saturated carbocycles. The maximum Gasteiger partial charge on any atom is 0.255 e. The average molecular weight is 391 g/mol. The van der Waals surface area contributed by atoms with Crippen molar-refractivity contribution in [1.29, 1.82) is 0 Å². The van der Waals surface area contributed by atoms with E-state index in [4.69, 9.17) is 0 Å². The number of hydrogen-bond donors (Lipinski definition) is 1. The first-order chi connectivity index (χ1) is 13.5. The monoisotopic (exact) mass is 391 g/mol. The lowest BCUT2D eigenvalue weighted by Crippen LogP contribution is -2.08. The van der Waals surface area contributed by atoms with Gasteiger partial charge in [-0.3, -0.25) is 4.72 Å². The van der Waals surface area contributed by atoms with E-state index >= 15 is 0 Å². The first-order valence-electron chi connectivity index (χ1n) is 8.54. The molecule has 1 N–H and O–H groups in total. The molecule has 0 aliphatic rings. The summed E-state index contributed by atoms with van der Waals surface area (Å²) in [5, 5.41) is 13.3. The van der Waals surface area contributed by atoms with Gasteiger partial charge in [0.05, 0.1) is 11.1 Å². The second-order valence-corrected chi connectivity index (χ2v) is 7.86. The van der Waals surface area contributed by atoms with Crippen molar-refractivity contribution in [2.45, 2.75) is 6.92 Å². The van der Waals surface area contributed by atoms with Crippen LogP contribution in [-0.2, 0) is 10.0 Å². The molecule has 0 atom stereocenters. The number of sulfonamides is 1. The Balaban J connectivity index is 1.49. The Kier molecular flexibility index (Phi) is 4.62. The molecule has 0 unspecified atom stereocenters. The van der Waals surface area contributed by atoms with Gasteiger partial charge in [-0.25, -0.2) is 8.42 Å². The third-order valence-electron chi connectivity index (χ3n) is 4.12. The van der Waals surface area contributed by atoms with Crippen molar-refractivity contribution in [2.75, 3.05) is 4.72 Å². The van der Waals surface area contributed by atoms with Crippen LogP contribution < -0.4 is 4.72 Å². The molecule has 0 amide bonds. The van der Waals surface area contributed by atoms with Crippen LogP contribution in [0.1, 0.15) is 11.1 Å². The molecule has 0 fully saturated rings. The number of aryl methyl sites for hydroxylation is 1. The molecule has 0 spiro atoms. The highest BCUT2D eigenvalue weighted by Crippen LogP contribution is 2.20. The van der Waals surface area contributed by atoms with Crippen LogP contribution in [0.3, 0.4) is 0 Å². The van der Waals surface area contributed by atoms with Crippen molar-refractivity contribution in [3.63, 3.8) is 0 Å². The van der Waals surface area contributed by atoms with Crippen molar-refractivity contribution in [3.8, 4) is 11.3 Å². The smallest absolute Gasteiger partial charge is 0.255 e. The molecular weight excluding hydrogens is 374 g/mol. The summed E-state index contributed by atoms with van der Waals surface area (Å²) in [5.41, 5.74) is 4.67. The van der Waals surface area contributed by atoms with Crippen LogP contribution in [0, 0.1) is 6.92 Å². The van der Waals surface area contributed by atoms with Gasteiger partial charge in [-0.1, -0.05) is 42.0 Å². The van der Waals surface area contributed by atoms with Gasteiger partial charge in [0.15, 0.2) is 5.65 Å². The van der Waals surface area contributed by atoms with Gasteiger partial charge < -0.3 is 0 Å². The van der Waals surface area contributed by atoms with Gasteiger partial charge in [0, 0.05) is 11.3 Å². The molecule has 28 heavy (non-hydrogen) atoms. The topological polar surface area (TPSA) is 89.2 Å². The minimum Gasteiger partial charge on any atom is -0.280 e.